The second-order valence-corrected chi connectivity index (χ2v) is 7.07. The zero-order valence-corrected chi connectivity index (χ0v) is 14.8. The van der Waals surface area contributed by atoms with Crippen LogP contribution in [0.15, 0.2) is 30.5 Å². The zero-order chi connectivity index (χ0) is 19.8. The molecular formula is C18H20F4N4O. The molecule has 1 aromatic heterocycles. The summed E-state index contributed by atoms with van der Waals surface area (Å²) in [4.78, 5) is 14.1. The van der Waals surface area contributed by atoms with Crippen molar-refractivity contribution in [2.45, 2.75) is 25.9 Å². The van der Waals surface area contributed by atoms with Crippen LogP contribution in [-0.4, -0.2) is 40.2 Å². The molecule has 0 spiro atoms. The van der Waals surface area contributed by atoms with E-state index in [9.17, 15) is 22.4 Å². The summed E-state index contributed by atoms with van der Waals surface area (Å²) in [5.74, 6) is -1.62. The number of rotatable bonds is 3. The summed E-state index contributed by atoms with van der Waals surface area (Å²) in [5, 5.41) is 3.66. The van der Waals surface area contributed by atoms with E-state index in [1.54, 1.807) is 0 Å². The number of benzene rings is 1. The van der Waals surface area contributed by atoms with E-state index in [2.05, 4.69) is 5.10 Å². The van der Waals surface area contributed by atoms with Crippen molar-refractivity contribution in [3.63, 3.8) is 0 Å². The van der Waals surface area contributed by atoms with Gasteiger partial charge in [0.05, 0.1) is 11.8 Å². The molecule has 2 heterocycles. The van der Waals surface area contributed by atoms with Gasteiger partial charge in [-0.25, -0.2) is 9.07 Å². The number of amides is 1. The lowest BCUT2D eigenvalue weighted by atomic mass is 9.80. The quantitative estimate of drug-likeness (QED) is 0.827. The van der Waals surface area contributed by atoms with Crippen molar-refractivity contribution >= 4 is 5.91 Å². The maximum absolute atomic E-state index is 14.0. The number of nitrogens with zero attached hydrogens (tertiary/aromatic N) is 3. The summed E-state index contributed by atoms with van der Waals surface area (Å²) >= 11 is 0. The van der Waals surface area contributed by atoms with Crippen LogP contribution in [-0.2, 0) is 6.18 Å². The molecule has 1 aliphatic rings. The normalized spacial score (nSPS) is 17.2. The number of hydrogen-bond acceptors (Lipinski definition) is 3. The minimum atomic E-state index is -4.87. The second kappa shape index (κ2) is 6.95. The van der Waals surface area contributed by atoms with Gasteiger partial charge in [0.1, 0.15) is 11.5 Å². The molecule has 1 aromatic carbocycles. The van der Waals surface area contributed by atoms with Crippen LogP contribution in [0, 0.1) is 11.2 Å². The number of hydrogen-bond donors (Lipinski definition) is 1. The fraction of sp³-hybridized carbons (Fsp3) is 0.444. The van der Waals surface area contributed by atoms with Gasteiger partial charge in [0.2, 0.25) is 0 Å². The molecule has 9 heteroatoms. The molecule has 1 aliphatic heterocycles. The smallest absolute Gasteiger partial charge is 0.338 e. The minimum Gasteiger partial charge on any atom is -0.338 e. The summed E-state index contributed by atoms with van der Waals surface area (Å²) < 4.78 is 55.5. The van der Waals surface area contributed by atoms with Gasteiger partial charge in [-0.3, -0.25) is 4.79 Å². The Morgan fingerprint density at radius 3 is 2.44 bits per heavy atom. The highest BCUT2D eigenvalue weighted by molar-refractivity contribution is 5.95. The van der Waals surface area contributed by atoms with Gasteiger partial charge in [-0.1, -0.05) is 19.1 Å². The van der Waals surface area contributed by atoms with Gasteiger partial charge in [0.25, 0.3) is 5.91 Å². The van der Waals surface area contributed by atoms with Crippen molar-refractivity contribution in [1.29, 1.82) is 0 Å². The molecule has 0 aliphatic carbocycles. The van der Waals surface area contributed by atoms with E-state index in [-0.39, 0.29) is 11.1 Å². The predicted molar refractivity (Wildman–Crippen MR) is 90.8 cm³/mol. The Kier molecular flexibility index (Phi) is 4.98. The first-order valence-corrected chi connectivity index (χ1v) is 8.56. The van der Waals surface area contributed by atoms with Crippen molar-refractivity contribution < 1.29 is 22.4 Å². The van der Waals surface area contributed by atoms with Crippen LogP contribution >= 0.6 is 0 Å². The van der Waals surface area contributed by atoms with Crippen LogP contribution in [0.25, 0.3) is 5.69 Å². The third-order valence-corrected chi connectivity index (χ3v) is 5.10. The largest absolute Gasteiger partial charge is 0.434 e. The molecule has 2 aromatic rings. The zero-order valence-electron chi connectivity index (χ0n) is 14.8. The van der Waals surface area contributed by atoms with Crippen LogP contribution < -0.4 is 5.73 Å². The standard InChI is InChI=1S/C18H20F4N4O/c1-17(11-23)6-8-25(9-7-17)16(27)12-10-24-26(15(12)18(20,21)22)14-5-3-2-4-13(14)19/h2-5,10H,6-9,11,23H2,1H3. The summed E-state index contributed by atoms with van der Waals surface area (Å²) in [6.45, 7) is 3.07. The summed E-state index contributed by atoms with van der Waals surface area (Å²) in [7, 11) is 0. The number of likely N-dealkylation sites (tertiary alicyclic amines) is 1. The second-order valence-electron chi connectivity index (χ2n) is 7.07. The third kappa shape index (κ3) is 3.69. The molecule has 0 atom stereocenters. The Morgan fingerprint density at radius 2 is 1.89 bits per heavy atom. The first-order chi connectivity index (χ1) is 12.7. The minimum absolute atomic E-state index is 0.124. The van der Waals surface area contributed by atoms with Gasteiger partial charge in [-0.2, -0.15) is 18.3 Å². The lowest BCUT2D eigenvalue weighted by Gasteiger charge is -2.38. The Bertz CT molecular complexity index is 838. The highest BCUT2D eigenvalue weighted by Crippen LogP contribution is 2.36. The van der Waals surface area contributed by atoms with Gasteiger partial charge in [0, 0.05) is 13.1 Å². The number of para-hydroxylation sites is 1. The summed E-state index contributed by atoms with van der Waals surface area (Å²) in [5.41, 5.74) is 3.39. The first kappa shape index (κ1) is 19.3. The van der Waals surface area contributed by atoms with Gasteiger partial charge in [-0.15, -0.1) is 0 Å². The Balaban J connectivity index is 1.97. The highest BCUT2D eigenvalue weighted by Gasteiger charge is 2.42. The maximum atomic E-state index is 14.0. The Hall–Kier alpha value is -2.42. The van der Waals surface area contributed by atoms with E-state index >= 15 is 0 Å². The molecule has 0 saturated carbocycles. The molecule has 146 valence electrons. The number of carbonyl (C=O) groups excluding carboxylic acids is 1. The van der Waals surface area contributed by atoms with Crippen LogP contribution in [0.2, 0.25) is 0 Å². The van der Waals surface area contributed by atoms with Gasteiger partial charge in [-0.05, 0) is 36.9 Å². The summed E-state index contributed by atoms with van der Waals surface area (Å²) in [6, 6.07) is 4.99. The topological polar surface area (TPSA) is 64.2 Å². The molecule has 1 saturated heterocycles. The fourth-order valence-corrected chi connectivity index (χ4v) is 3.21. The predicted octanol–water partition coefficient (Wildman–Crippen LogP) is 3.23. The number of aromatic nitrogens is 2. The monoisotopic (exact) mass is 384 g/mol. The average molecular weight is 384 g/mol. The Morgan fingerprint density at radius 1 is 1.26 bits per heavy atom. The van der Waals surface area contributed by atoms with Crippen molar-refractivity contribution in [3.05, 3.63) is 47.5 Å². The Labute approximate surface area is 153 Å². The molecule has 5 nitrogen and oxygen atoms in total. The van der Waals surface area contributed by atoms with E-state index in [1.165, 1.54) is 23.1 Å². The van der Waals surface area contributed by atoms with Crippen LogP contribution in [0.3, 0.4) is 0 Å². The number of alkyl halides is 3. The lowest BCUT2D eigenvalue weighted by molar-refractivity contribution is -0.143. The van der Waals surface area contributed by atoms with Crippen molar-refractivity contribution in [1.82, 2.24) is 14.7 Å². The first-order valence-electron chi connectivity index (χ1n) is 8.56. The summed E-state index contributed by atoms with van der Waals surface area (Å²) in [6.07, 6.45) is -2.80. The molecule has 3 rings (SSSR count). The van der Waals surface area contributed by atoms with Gasteiger partial charge < -0.3 is 10.6 Å². The van der Waals surface area contributed by atoms with E-state index < -0.39 is 29.2 Å². The number of nitrogens with two attached hydrogens (primary N) is 1. The fourth-order valence-electron chi connectivity index (χ4n) is 3.21. The molecule has 1 amide bonds. The van der Waals surface area contributed by atoms with E-state index in [4.69, 9.17) is 5.73 Å². The lowest BCUT2D eigenvalue weighted by Crippen LogP contribution is -2.45. The average Bonchev–Trinajstić information content (AvgIpc) is 3.07. The molecule has 27 heavy (non-hydrogen) atoms. The highest BCUT2D eigenvalue weighted by atomic mass is 19.4. The van der Waals surface area contributed by atoms with E-state index in [1.807, 2.05) is 6.92 Å². The van der Waals surface area contributed by atoms with E-state index in [0.29, 0.717) is 37.2 Å². The van der Waals surface area contributed by atoms with Crippen molar-refractivity contribution in [2.75, 3.05) is 19.6 Å². The van der Waals surface area contributed by atoms with Crippen LogP contribution in [0.4, 0.5) is 17.6 Å². The van der Waals surface area contributed by atoms with Crippen molar-refractivity contribution in [3.8, 4) is 5.69 Å². The van der Waals surface area contributed by atoms with Crippen LogP contribution in [0.5, 0.6) is 0 Å². The third-order valence-electron chi connectivity index (χ3n) is 5.10. The van der Waals surface area contributed by atoms with Crippen LogP contribution in [0.1, 0.15) is 35.8 Å². The molecule has 1 fully saturated rings. The van der Waals surface area contributed by atoms with Gasteiger partial charge >= 0.3 is 6.18 Å². The number of piperidine rings is 1. The molecule has 0 radical (unpaired) electrons. The van der Waals surface area contributed by atoms with E-state index in [0.717, 1.165) is 12.3 Å². The molecule has 0 bridgehead atoms. The molecule has 2 N–H and O–H groups in total. The molecule has 0 unspecified atom stereocenters. The number of halogens is 4. The SMILES string of the molecule is CC1(CN)CCN(C(=O)c2cnn(-c3ccccc3F)c2C(F)(F)F)CC1. The molecular weight excluding hydrogens is 364 g/mol. The maximum Gasteiger partial charge on any atom is 0.434 e. The van der Waals surface area contributed by atoms with Crippen molar-refractivity contribution in [2.24, 2.45) is 11.1 Å². The van der Waals surface area contributed by atoms with Gasteiger partial charge in [0.15, 0.2) is 5.69 Å². The number of carbonyl (C=O) groups is 1.